The van der Waals surface area contributed by atoms with Crippen LogP contribution in [-0.4, -0.2) is 36.8 Å². The lowest BCUT2D eigenvalue weighted by Gasteiger charge is -2.20. The Morgan fingerprint density at radius 3 is 2.44 bits per heavy atom. The largest absolute Gasteiger partial charge is 0.454 e. The van der Waals surface area contributed by atoms with Crippen LogP contribution in [0.2, 0.25) is 0 Å². The molecule has 2 aliphatic rings. The standard InChI is InChI=1S/C25H18N2O7/c26-22-17(7-6-16-21(22)24(30)15-4-2-1-3-14(15)23(16)29)25(31)32-11-20(28)27-10-13-5-8-18-19(9-13)34-12-33-18/h1-9H,10-12,26H2,(H,27,28). The average molecular weight is 458 g/mol. The van der Waals surface area contributed by atoms with Crippen LogP contribution < -0.4 is 20.5 Å². The van der Waals surface area contributed by atoms with Crippen LogP contribution in [0.3, 0.4) is 0 Å². The first-order valence-electron chi connectivity index (χ1n) is 10.4. The van der Waals surface area contributed by atoms with Crippen molar-refractivity contribution in [1.29, 1.82) is 0 Å². The van der Waals surface area contributed by atoms with E-state index in [-0.39, 0.29) is 52.6 Å². The Morgan fingerprint density at radius 2 is 1.65 bits per heavy atom. The van der Waals surface area contributed by atoms with E-state index < -0.39 is 24.3 Å². The van der Waals surface area contributed by atoms with Gasteiger partial charge in [-0.1, -0.05) is 30.3 Å². The second-order valence-corrected chi connectivity index (χ2v) is 7.69. The zero-order chi connectivity index (χ0) is 23.8. The van der Waals surface area contributed by atoms with Gasteiger partial charge in [0.05, 0.1) is 16.8 Å². The third kappa shape index (κ3) is 3.62. The van der Waals surface area contributed by atoms with Crippen molar-refractivity contribution in [1.82, 2.24) is 5.32 Å². The van der Waals surface area contributed by atoms with E-state index >= 15 is 0 Å². The van der Waals surface area contributed by atoms with E-state index in [9.17, 15) is 19.2 Å². The minimum Gasteiger partial charge on any atom is -0.454 e. The molecule has 0 aromatic heterocycles. The Hall–Kier alpha value is -4.66. The molecule has 0 bridgehead atoms. The molecule has 0 fully saturated rings. The summed E-state index contributed by atoms with van der Waals surface area (Å²) in [6, 6.07) is 14.4. The number of amides is 1. The van der Waals surface area contributed by atoms with E-state index in [1.54, 1.807) is 36.4 Å². The maximum atomic E-state index is 12.9. The highest BCUT2D eigenvalue weighted by Gasteiger charge is 2.33. The monoisotopic (exact) mass is 458 g/mol. The van der Waals surface area contributed by atoms with Crippen molar-refractivity contribution in [3.05, 3.63) is 88.0 Å². The molecular weight excluding hydrogens is 440 g/mol. The third-order valence-electron chi connectivity index (χ3n) is 5.61. The average Bonchev–Trinajstić information content (AvgIpc) is 3.32. The fraction of sp³-hybridized carbons (Fsp3) is 0.120. The minimum atomic E-state index is -0.877. The van der Waals surface area contributed by atoms with Crippen LogP contribution in [0.15, 0.2) is 54.6 Å². The highest BCUT2D eigenvalue weighted by Crippen LogP contribution is 2.33. The van der Waals surface area contributed by atoms with Crippen LogP contribution in [0.5, 0.6) is 11.5 Å². The topological polar surface area (TPSA) is 134 Å². The summed E-state index contributed by atoms with van der Waals surface area (Å²) in [6.45, 7) is -0.196. The predicted octanol–water partition coefficient (Wildman–Crippen LogP) is 2.25. The number of carbonyl (C=O) groups is 4. The van der Waals surface area contributed by atoms with Gasteiger partial charge in [-0.15, -0.1) is 0 Å². The molecule has 1 aliphatic carbocycles. The normalized spacial score (nSPS) is 13.2. The van der Waals surface area contributed by atoms with Crippen LogP contribution in [-0.2, 0) is 16.1 Å². The zero-order valence-corrected chi connectivity index (χ0v) is 17.8. The van der Waals surface area contributed by atoms with Gasteiger partial charge < -0.3 is 25.3 Å². The van der Waals surface area contributed by atoms with Crippen LogP contribution in [0.1, 0.15) is 47.8 Å². The second-order valence-electron chi connectivity index (χ2n) is 7.69. The summed E-state index contributed by atoms with van der Waals surface area (Å²) in [5.74, 6) is -0.967. The number of nitrogens with one attached hydrogen (secondary N) is 1. The second kappa shape index (κ2) is 8.36. The molecule has 3 aromatic carbocycles. The molecule has 1 heterocycles. The van der Waals surface area contributed by atoms with E-state index in [0.29, 0.717) is 11.5 Å². The van der Waals surface area contributed by atoms with Crippen molar-refractivity contribution in [2.45, 2.75) is 6.54 Å². The smallest absolute Gasteiger partial charge is 0.340 e. The number of carbonyl (C=O) groups excluding carboxylic acids is 4. The molecule has 3 aromatic rings. The first-order valence-corrected chi connectivity index (χ1v) is 10.4. The molecule has 9 heteroatoms. The Balaban J connectivity index is 1.25. The molecule has 0 saturated carbocycles. The summed E-state index contributed by atoms with van der Waals surface area (Å²) in [7, 11) is 0. The number of anilines is 1. The molecule has 0 unspecified atom stereocenters. The van der Waals surface area contributed by atoms with E-state index in [1.807, 2.05) is 0 Å². The summed E-state index contributed by atoms with van der Waals surface area (Å²) < 4.78 is 15.6. The lowest BCUT2D eigenvalue weighted by molar-refractivity contribution is -0.124. The number of rotatable bonds is 5. The van der Waals surface area contributed by atoms with Gasteiger partial charge in [-0.25, -0.2) is 4.79 Å². The Kier molecular flexibility index (Phi) is 5.21. The summed E-state index contributed by atoms with van der Waals surface area (Å²) in [4.78, 5) is 50.4. The van der Waals surface area contributed by atoms with Gasteiger partial charge >= 0.3 is 5.97 Å². The van der Waals surface area contributed by atoms with Crippen molar-refractivity contribution in [3.8, 4) is 11.5 Å². The van der Waals surface area contributed by atoms with E-state index in [4.69, 9.17) is 19.9 Å². The minimum absolute atomic E-state index is 0.0367. The van der Waals surface area contributed by atoms with Gasteiger partial charge in [0, 0.05) is 23.2 Å². The number of nitrogen functional groups attached to an aromatic ring is 1. The number of ether oxygens (including phenoxy) is 3. The van der Waals surface area contributed by atoms with Crippen molar-refractivity contribution in [2.75, 3.05) is 19.1 Å². The highest BCUT2D eigenvalue weighted by molar-refractivity contribution is 6.30. The zero-order valence-electron chi connectivity index (χ0n) is 17.8. The van der Waals surface area contributed by atoms with E-state index in [1.165, 1.54) is 18.2 Å². The molecule has 0 radical (unpaired) electrons. The van der Waals surface area contributed by atoms with E-state index in [0.717, 1.165) is 5.56 Å². The number of hydrogen-bond acceptors (Lipinski definition) is 8. The van der Waals surface area contributed by atoms with Crippen LogP contribution >= 0.6 is 0 Å². The predicted molar refractivity (Wildman–Crippen MR) is 119 cm³/mol. The van der Waals surface area contributed by atoms with Crippen LogP contribution in [0.25, 0.3) is 0 Å². The van der Waals surface area contributed by atoms with Gasteiger partial charge in [-0.2, -0.15) is 0 Å². The van der Waals surface area contributed by atoms with Crippen molar-refractivity contribution >= 4 is 29.1 Å². The highest BCUT2D eigenvalue weighted by atomic mass is 16.7. The first-order chi connectivity index (χ1) is 16.4. The number of ketones is 2. The quantitative estimate of drug-likeness (QED) is 0.344. The van der Waals surface area contributed by atoms with Gasteiger partial charge in [0.1, 0.15) is 0 Å². The first kappa shape index (κ1) is 21.2. The molecule has 0 saturated heterocycles. The fourth-order valence-corrected chi connectivity index (χ4v) is 3.90. The molecule has 5 rings (SSSR count). The number of hydrogen-bond donors (Lipinski definition) is 2. The molecule has 34 heavy (non-hydrogen) atoms. The Morgan fingerprint density at radius 1 is 0.912 bits per heavy atom. The molecular formula is C25H18N2O7. The number of fused-ring (bicyclic) bond motifs is 3. The molecule has 1 amide bonds. The molecule has 9 nitrogen and oxygen atoms in total. The summed E-state index contributed by atoms with van der Waals surface area (Å²) in [6.07, 6.45) is 0. The maximum absolute atomic E-state index is 12.9. The third-order valence-corrected chi connectivity index (χ3v) is 5.61. The van der Waals surface area contributed by atoms with Crippen LogP contribution in [0, 0.1) is 0 Å². The van der Waals surface area contributed by atoms with Gasteiger partial charge in [-0.05, 0) is 29.8 Å². The SMILES string of the molecule is Nc1c(C(=O)OCC(=O)NCc2ccc3c(c2)OCO3)ccc2c1C(=O)c1ccccc1C2=O. The maximum Gasteiger partial charge on any atom is 0.340 e. The molecule has 0 atom stereocenters. The fourth-order valence-electron chi connectivity index (χ4n) is 3.90. The Bertz CT molecular complexity index is 1380. The molecule has 3 N–H and O–H groups in total. The number of esters is 1. The molecule has 1 aliphatic heterocycles. The van der Waals surface area contributed by atoms with Gasteiger partial charge in [0.2, 0.25) is 6.79 Å². The lowest BCUT2D eigenvalue weighted by Crippen LogP contribution is -2.29. The molecule has 0 spiro atoms. The van der Waals surface area contributed by atoms with E-state index in [2.05, 4.69) is 5.32 Å². The number of benzene rings is 3. The van der Waals surface area contributed by atoms with Gasteiger partial charge in [0.25, 0.3) is 5.91 Å². The Labute approximate surface area is 193 Å². The summed E-state index contributed by atoms with van der Waals surface area (Å²) >= 11 is 0. The summed E-state index contributed by atoms with van der Waals surface area (Å²) in [5.41, 5.74) is 7.23. The van der Waals surface area contributed by atoms with Crippen molar-refractivity contribution in [3.63, 3.8) is 0 Å². The van der Waals surface area contributed by atoms with Crippen molar-refractivity contribution in [2.24, 2.45) is 0 Å². The molecule has 170 valence electrons. The van der Waals surface area contributed by atoms with Crippen LogP contribution in [0.4, 0.5) is 5.69 Å². The lowest BCUT2D eigenvalue weighted by atomic mass is 9.82. The van der Waals surface area contributed by atoms with Crippen molar-refractivity contribution < 1.29 is 33.4 Å². The number of nitrogens with two attached hydrogens (primary N) is 1. The van der Waals surface area contributed by atoms with Gasteiger partial charge in [0.15, 0.2) is 29.7 Å². The van der Waals surface area contributed by atoms with Gasteiger partial charge in [-0.3, -0.25) is 14.4 Å². The summed E-state index contributed by atoms with van der Waals surface area (Å²) in [5, 5.41) is 2.64.